The van der Waals surface area contributed by atoms with Gasteiger partial charge in [-0.05, 0) is 12.1 Å². The molecule has 0 saturated carbocycles. The van der Waals surface area contributed by atoms with E-state index in [1.54, 1.807) is 0 Å². The molecular formula is C9H6Cl2N2O3. The van der Waals surface area contributed by atoms with E-state index in [0.29, 0.717) is 5.52 Å². The van der Waals surface area contributed by atoms with Crippen molar-refractivity contribution in [3.8, 4) is 0 Å². The number of oxazole rings is 1. The van der Waals surface area contributed by atoms with Gasteiger partial charge in [-0.3, -0.25) is 9.36 Å². The van der Waals surface area contributed by atoms with Gasteiger partial charge in [-0.1, -0.05) is 23.2 Å². The van der Waals surface area contributed by atoms with Gasteiger partial charge in [-0.25, -0.2) is 4.79 Å². The van der Waals surface area contributed by atoms with Crippen LogP contribution in [0.15, 0.2) is 21.3 Å². The number of halogens is 2. The Morgan fingerprint density at radius 3 is 2.75 bits per heavy atom. The van der Waals surface area contributed by atoms with Crippen molar-refractivity contribution in [3.05, 3.63) is 32.7 Å². The summed E-state index contributed by atoms with van der Waals surface area (Å²) >= 11 is 11.6. The van der Waals surface area contributed by atoms with Crippen LogP contribution in [0.3, 0.4) is 0 Å². The van der Waals surface area contributed by atoms with Crippen molar-refractivity contribution >= 4 is 40.2 Å². The minimum Gasteiger partial charge on any atom is -0.406 e. The van der Waals surface area contributed by atoms with Crippen LogP contribution in [-0.4, -0.2) is 10.5 Å². The number of amides is 1. The van der Waals surface area contributed by atoms with E-state index in [4.69, 9.17) is 33.4 Å². The molecule has 0 fully saturated rings. The average Bonchev–Trinajstić information content (AvgIpc) is 2.51. The molecule has 2 aromatic rings. The Morgan fingerprint density at radius 2 is 2.12 bits per heavy atom. The van der Waals surface area contributed by atoms with Gasteiger partial charge < -0.3 is 10.2 Å². The molecule has 2 rings (SSSR count). The first-order chi connectivity index (χ1) is 7.50. The number of nitrogens with zero attached hydrogens (tertiary/aromatic N) is 1. The highest BCUT2D eigenvalue weighted by Crippen LogP contribution is 2.29. The number of aromatic nitrogens is 1. The van der Waals surface area contributed by atoms with E-state index in [2.05, 4.69) is 0 Å². The fourth-order valence-corrected chi connectivity index (χ4v) is 1.72. The molecule has 1 aromatic heterocycles. The van der Waals surface area contributed by atoms with E-state index in [-0.39, 0.29) is 22.2 Å². The molecule has 0 atom stereocenters. The van der Waals surface area contributed by atoms with Gasteiger partial charge in [-0.2, -0.15) is 0 Å². The summed E-state index contributed by atoms with van der Waals surface area (Å²) in [5.74, 6) is -1.34. The van der Waals surface area contributed by atoms with Gasteiger partial charge in [0.05, 0.1) is 10.5 Å². The topological polar surface area (TPSA) is 78.2 Å². The van der Waals surface area contributed by atoms with E-state index < -0.39 is 11.7 Å². The maximum Gasteiger partial charge on any atom is 0.420 e. The molecule has 1 heterocycles. The maximum absolute atomic E-state index is 11.4. The molecule has 5 nitrogen and oxygen atoms in total. The fraction of sp³-hybridized carbons (Fsp3) is 0.111. The molecule has 0 spiro atoms. The number of fused-ring (bicyclic) bond motifs is 1. The third kappa shape index (κ3) is 1.68. The van der Waals surface area contributed by atoms with Crippen LogP contribution in [0.1, 0.15) is 0 Å². The Labute approximate surface area is 99.3 Å². The summed E-state index contributed by atoms with van der Waals surface area (Å²) < 4.78 is 5.99. The van der Waals surface area contributed by atoms with Crippen molar-refractivity contribution in [1.82, 2.24) is 4.57 Å². The van der Waals surface area contributed by atoms with Crippen LogP contribution >= 0.6 is 23.2 Å². The lowest BCUT2D eigenvalue weighted by atomic mass is 10.3. The predicted molar refractivity (Wildman–Crippen MR) is 59.7 cm³/mol. The van der Waals surface area contributed by atoms with Gasteiger partial charge in [0.25, 0.3) is 0 Å². The van der Waals surface area contributed by atoms with Crippen LogP contribution in [0.25, 0.3) is 11.1 Å². The summed E-state index contributed by atoms with van der Waals surface area (Å²) in [4.78, 5) is 22.2. The third-order valence-corrected chi connectivity index (χ3v) is 2.83. The largest absolute Gasteiger partial charge is 0.420 e. The summed E-state index contributed by atoms with van der Waals surface area (Å²) in [6.45, 7) is -0.260. The predicted octanol–water partition coefficient (Wildman–Crippen LogP) is 1.39. The zero-order chi connectivity index (χ0) is 11.9. The highest BCUT2D eigenvalue weighted by Gasteiger charge is 2.15. The lowest BCUT2D eigenvalue weighted by molar-refractivity contribution is -0.118. The van der Waals surface area contributed by atoms with Crippen molar-refractivity contribution in [2.24, 2.45) is 5.73 Å². The lowest BCUT2D eigenvalue weighted by Crippen LogP contribution is -2.24. The maximum atomic E-state index is 11.4. The van der Waals surface area contributed by atoms with E-state index in [1.165, 1.54) is 12.1 Å². The monoisotopic (exact) mass is 260 g/mol. The van der Waals surface area contributed by atoms with Gasteiger partial charge in [0.1, 0.15) is 11.6 Å². The Kier molecular flexibility index (Phi) is 2.65. The zero-order valence-corrected chi connectivity index (χ0v) is 9.38. The second kappa shape index (κ2) is 3.84. The standard InChI is InChI=1S/C9H6Cl2N2O3/c10-4-1-2-5-8(7(4)11)16-9(15)13(5)3-6(12)14/h1-2H,3H2,(H2,12,14). The SMILES string of the molecule is NC(=O)Cn1c(=O)oc2c(Cl)c(Cl)ccc21. The number of rotatable bonds is 2. The van der Waals surface area contributed by atoms with Gasteiger partial charge in [0, 0.05) is 0 Å². The van der Waals surface area contributed by atoms with Crippen LogP contribution in [0.4, 0.5) is 0 Å². The summed E-state index contributed by atoms with van der Waals surface area (Å²) in [6.07, 6.45) is 0. The van der Waals surface area contributed by atoms with E-state index in [1.807, 2.05) is 0 Å². The zero-order valence-electron chi connectivity index (χ0n) is 7.87. The van der Waals surface area contributed by atoms with Crippen molar-refractivity contribution in [3.63, 3.8) is 0 Å². The first kappa shape index (κ1) is 11.0. The van der Waals surface area contributed by atoms with Crippen LogP contribution in [-0.2, 0) is 11.3 Å². The minimum atomic E-state index is -0.696. The minimum absolute atomic E-state index is 0.138. The van der Waals surface area contributed by atoms with Crippen molar-refractivity contribution in [2.75, 3.05) is 0 Å². The Balaban J connectivity index is 2.76. The number of benzene rings is 1. The lowest BCUT2D eigenvalue weighted by Gasteiger charge is -1.98. The molecule has 7 heteroatoms. The smallest absolute Gasteiger partial charge is 0.406 e. The molecular weight excluding hydrogens is 255 g/mol. The fourth-order valence-electron chi connectivity index (χ4n) is 1.38. The molecule has 0 aliphatic heterocycles. The molecule has 1 amide bonds. The van der Waals surface area contributed by atoms with Gasteiger partial charge >= 0.3 is 5.76 Å². The number of nitrogens with two attached hydrogens (primary N) is 1. The van der Waals surface area contributed by atoms with Gasteiger partial charge in [-0.15, -0.1) is 0 Å². The van der Waals surface area contributed by atoms with Crippen LogP contribution in [0.5, 0.6) is 0 Å². The summed E-state index contributed by atoms with van der Waals surface area (Å²) in [6, 6.07) is 3.05. The molecule has 1 aromatic carbocycles. The normalized spacial score (nSPS) is 10.9. The quantitative estimate of drug-likeness (QED) is 0.887. The Bertz CT molecular complexity index is 629. The average molecular weight is 261 g/mol. The third-order valence-electron chi connectivity index (χ3n) is 2.04. The van der Waals surface area contributed by atoms with E-state index in [9.17, 15) is 9.59 Å². The van der Waals surface area contributed by atoms with E-state index >= 15 is 0 Å². The molecule has 0 unspecified atom stereocenters. The molecule has 0 aliphatic carbocycles. The molecule has 0 saturated heterocycles. The first-order valence-corrected chi connectivity index (χ1v) is 5.02. The van der Waals surface area contributed by atoms with Crippen LogP contribution in [0.2, 0.25) is 10.0 Å². The van der Waals surface area contributed by atoms with Crippen molar-refractivity contribution in [1.29, 1.82) is 0 Å². The number of carbonyl (C=O) groups excluding carboxylic acids is 1. The van der Waals surface area contributed by atoms with Crippen molar-refractivity contribution < 1.29 is 9.21 Å². The molecule has 0 aliphatic rings. The Hall–Kier alpha value is -1.46. The molecule has 2 N–H and O–H groups in total. The highest BCUT2D eigenvalue weighted by molar-refractivity contribution is 6.44. The second-order valence-corrected chi connectivity index (χ2v) is 3.92. The number of primary amides is 1. The summed E-state index contributed by atoms with van der Waals surface area (Å²) in [7, 11) is 0. The number of carbonyl (C=O) groups is 1. The van der Waals surface area contributed by atoms with Crippen LogP contribution < -0.4 is 11.5 Å². The molecule has 0 radical (unpaired) electrons. The molecule has 16 heavy (non-hydrogen) atoms. The number of hydrogen-bond acceptors (Lipinski definition) is 3. The number of hydrogen-bond donors (Lipinski definition) is 1. The van der Waals surface area contributed by atoms with Gasteiger partial charge in [0.2, 0.25) is 5.91 Å². The summed E-state index contributed by atoms with van der Waals surface area (Å²) in [5.41, 5.74) is 5.55. The van der Waals surface area contributed by atoms with Gasteiger partial charge in [0.15, 0.2) is 5.58 Å². The summed E-state index contributed by atoms with van der Waals surface area (Å²) in [5, 5.41) is 0.411. The second-order valence-electron chi connectivity index (χ2n) is 3.13. The van der Waals surface area contributed by atoms with E-state index in [0.717, 1.165) is 4.57 Å². The Morgan fingerprint density at radius 1 is 1.44 bits per heavy atom. The van der Waals surface area contributed by atoms with Crippen LogP contribution in [0, 0.1) is 0 Å². The van der Waals surface area contributed by atoms with Crippen molar-refractivity contribution in [2.45, 2.75) is 6.54 Å². The molecule has 84 valence electrons. The first-order valence-electron chi connectivity index (χ1n) is 4.26. The highest BCUT2D eigenvalue weighted by atomic mass is 35.5. The molecule has 0 bridgehead atoms.